The summed E-state index contributed by atoms with van der Waals surface area (Å²) in [6.07, 6.45) is 3.95. The topological polar surface area (TPSA) is 76.6 Å². The van der Waals surface area contributed by atoms with Gasteiger partial charge in [-0.15, -0.1) is 0 Å². The van der Waals surface area contributed by atoms with E-state index in [2.05, 4.69) is 9.88 Å². The number of sulfone groups is 1. The molecule has 1 atom stereocenters. The van der Waals surface area contributed by atoms with Gasteiger partial charge in [-0.05, 0) is 18.6 Å². The highest BCUT2D eigenvalue weighted by atomic mass is 32.2. The van der Waals surface area contributed by atoms with Crippen LogP contribution in [0.25, 0.3) is 11.3 Å². The van der Waals surface area contributed by atoms with Gasteiger partial charge in [-0.25, -0.2) is 13.4 Å². The smallest absolute Gasteiger partial charge is 0.209 e. The second-order valence-electron chi connectivity index (χ2n) is 6.53. The number of aromatic nitrogens is 1. The van der Waals surface area contributed by atoms with E-state index in [1.165, 1.54) is 0 Å². The lowest BCUT2D eigenvalue weighted by Crippen LogP contribution is -2.35. The summed E-state index contributed by atoms with van der Waals surface area (Å²) in [6, 6.07) is 13.4. The molecule has 1 aliphatic rings. The molecule has 3 heterocycles. The van der Waals surface area contributed by atoms with E-state index in [0.717, 1.165) is 11.3 Å². The third kappa shape index (κ3) is 3.89. The Bertz CT molecular complexity index is 949. The van der Waals surface area contributed by atoms with Gasteiger partial charge >= 0.3 is 0 Å². The number of nitrogens with zero attached hydrogens (tertiary/aromatic N) is 2. The highest BCUT2D eigenvalue weighted by Gasteiger charge is 2.33. The van der Waals surface area contributed by atoms with Crippen molar-refractivity contribution in [2.75, 3.05) is 11.5 Å². The Hall–Kier alpha value is -2.38. The molecule has 0 amide bonds. The third-order valence-corrected chi connectivity index (χ3v) is 6.36. The first kappa shape index (κ1) is 17.1. The zero-order chi connectivity index (χ0) is 18.0. The SMILES string of the molecule is O=S1(=O)CCC(N(Cc2ccco2)Cc2ncc(-c3ccccc3)o2)C1. The first-order chi connectivity index (χ1) is 12.6. The average molecular weight is 372 g/mol. The van der Waals surface area contributed by atoms with Gasteiger partial charge in [0.2, 0.25) is 5.89 Å². The second kappa shape index (κ2) is 7.09. The Morgan fingerprint density at radius 2 is 1.96 bits per heavy atom. The molecular formula is C19H20N2O4S. The van der Waals surface area contributed by atoms with Crippen LogP contribution in [-0.2, 0) is 22.9 Å². The molecule has 1 saturated heterocycles. The van der Waals surface area contributed by atoms with Crippen molar-refractivity contribution in [2.45, 2.75) is 25.6 Å². The molecule has 3 aromatic rings. The van der Waals surface area contributed by atoms with E-state index in [1.807, 2.05) is 42.5 Å². The summed E-state index contributed by atoms with van der Waals surface area (Å²) in [5.41, 5.74) is 0.965. The standard InChI is InChI=1S/C19H20N2O4S/c22-26(23)10-8-16(14-26)21(12-17-7-4-9-24-17)13-19-20-11-18(25-19)15-5-2-1-3-6-15/h1-7,9,11,16H,8,10,12-14H2. The predicted octanol–water partition coefficient (Wildman–Crippen LogP) is 3.12. The molecule has 0 radical (unpaired) electrons. The van der Waals surface area contributed by atoms with Gasteiger partial charge in [-0.3, -0.25) is 4.90 Å². The van der Waals surface area contributed by atoms with Crippen molar-refractivity contribution in [3.63, 3.8) is 0 Å². The van der Waals surface area contributed by atoms with Crippen LogP contribution in [0.4, 0.5) is 0 Å². The van der Waals surface area contributed by atoms with Crippen molar-refractivity contribution < 1.29 is 17.3 Å². The zero-order valence-electron chi connectivity index (χ0n) is 14.2. The van der Waals surface area contributed by atoms with Crippen LogP contribution in [0.15, 0.2) is 63.8 Å². The Labute approximate surface area is 152 Å². The molecule has 1 unspecified atom stereocenters. The van der Waals surface area contributed by atoms with Crippen LogP contribution in [0.1, 0.15) is 18.1 Å². The van der Waals surface area contributed by atoms with Crippen LogP contribution < -0.4 is 0 Å². The van der Waals surface area contributed by atoms with Crippen molar-refractivity contribution in [3.05, 3.63) is 66.6 Å². The fourth-order valence-electron chi connectivity index (χ4n) is 3.27. The van der Waals surface area contributed by atoms with Crippen molar-refractivity contribution in [1.29, 1.82) is 0 Å². The van der Waals surface area contributed by atoms with Gasteiger partial charge in [-0.2, -0.15) is 0 Å². The Balaban J connectivity index is 1.54. The van der Waals surface area contributed by atoms with Crippen molar-refractivity contribution in [3.8, 4) is 11.3 Å². The quantitative estimate of drug-likeness (QED) is 0.662. The minimum atomic E-state index is -2.97. The third-order valence-electron chi connectivity index (χ3n) is 4.61. The molecule has 0 N–H and O–H groups in total. The Morgan fingerprint density at radius 1 is 1.12 bits per heavy atom. The summed E-state index contributed by atoms with van der Waals surface area (Å²) in [5, 5.41) is 0. The average Bonchev–Trinajstić information content (AvgIpc) is 3.36. The van der Waals surface area contributed by atoms with E-state index < -0.39 is 9.84 Å². The fraction of sp³-hybridized carbons (Fsp3) is 0.316. The molecule has 0 aliphatic carbocycles. The summed E-state index contributed by atoms with van der Waals surface area (Å²) < 4.78 is 35.1. The number of hydrogen-bond donors (Lipinski definition) is 0. The number of furan rings is 1. The van der Waals surface area contributed by atoms with Gasteiger partial charge in [0, 0.05) is 11.6 Å². The monoisotopic (exact) mass is 372 g/mol. The molecule has 6 nitrogen and oxygen atoms in total. The molecule has 4 rings (SSSR count). The highest BCUT2D eigenvalue weighted by molar-refractivity contribution is 7.91. The maximum absolute atomic E-state index is 11.9. The van der Waals surface area contributed by atoms with Crippen LogP contribution in [0.5, 0.6) is 0 Å². The summed E-state index contributed by atoms with van der Waals surface area (Å²) >= 11 is 0. The van der Waals surface area contributed by atoms with E-state index in [-0.39, 0.29) is 17.5 Å². The summed E-state index contributed by atoms with van der Waals surface area (Å²) in [4.78, 5) is 6.45. The zero-order valence-corrected chi connectivity index (χ0v) is 15.1. The summed E-state index contributed by atoms with van der Waals surface area (Å²) in [7, 11) is -2.97. The van der Waals surface area contributed by atoms with Gasteiger partial charge in [0.25, 0.3) is 0 Å². The van der Waals surface area contributed by atoms with E-state index in [1.54, 1.807) is 12.5 Å². The van der Waals surface area contributed by atoms with Crippen LogP contribution in [0.2, 0.25) is 0 Å². The molecule has 26 heavy (non-hydrogen) atoms. The highest BCUT2D eigenvalue weighted by Crippen LogP contribution is 2.24. The molecule has 1 aromatic carbocycles. The van der Waals surface area contributed by atoms with Gasteiger partial charge in [0.15, 0.2) is 15.6 Å². The van der Waals surface area contributed by atoms with E-state index in [9.17, 15) is 8.42 Å². The lowest BCUT2D eigenvalue weighted by atomic mass is 10.2. The van der Waals surface area contributed by atoms with Crippen LogP contribution in [0, 0.1) is 0 Å². The maximum Gasteiger partial charge on any atom is 0.209 e. The fourth-order valence-corrected chi connectivity index (χ4v) is 5.03. The number of oxazole rings is 1. The van der Waals surface area contributed by atoms with Crippen LogP contribution in [-0.4, -0.2) is 35.8 Å². The molecule has 0 bridgehead atoms. The molecule has 1 aliphatic heterocycles. The molecule has 7 heteroatoms. The summed E-state index contributed by atoms with van der Waals surface area (Å²) in [6.45, 7) is 0.962. The second-order valence-corrected chi connectivity index (χ2v) is 8.75. The van der Waals surface area contributed by atoms with Crippen LogP contribution >= 0.6 is 0 Å². The molecule has 2 aromatic heterocycles. The first-order valence-corrected chi connectivity index (χ1v) is 10.4. The number of rotatable bonds is 6. The predicted molar refractivity (Wildman–Crippen MR) is 97.0 cm³/mol. The number of hydrogen-bond acceptors (Lipinski definition) is 6. The largest absolute Gasteiger partial charge is 0.468 e. The lowest BCUT2D eigenvalue weighted by Gasteiger charge is -2.25. The van der Waals surface area contributed by atoms with Crippen molar-refractivity contribution >= 4 is 9.84 Å². The minimum Gasteiger partial charge on any atom is -0.468 e. The van der Waals surface area contributed by atoms with Crippen LogP contribution in [0.3, 0.4) is 0 Å². The lowest BCUT2D eigenvalue weighted by molar-refractivity contribution is 0.163. The molecule has 0 saturated carbocycles. The Kier molecular flexibility index (Phi) is 4.65. The van der Waals surface area contributed by atoms with E-state index in [0.29, 0.717) is 31.2 Å². The van der Waals surface area contributed by atoms with Gasteiger partial charge in [0.05, 0.1) is 37.1 Å². The Morgan fingerprint density at radius 3 is 2.65 bits per heavy atom. The molecular weight excluding hydrogens is 352 g/mol. The van der Waals surface area contributed by atoms with Gasteiger partial charge < -0.3 is 8.83 Å². The normalized spacial score (nSPS) is 19.2. The van der Waals surface area contributed by atoms with Gasteiger partial charge in [0.1, 0.15) is 5.76 Å². The summed E-state index contributed by atoms with van der Waals surface area (Å²) in [5.74, 6) is 2.47. The maximum atomic E-state index is 11.9. The van der Waals surface area contributed by atoms with E-state index in [4.69, 9.17) is 8.83 Å². The molecule has 1 fully saturated rings. The van der Waals surface area contributed by atoms with Crippen molar-refractivity contribution in [1.82, 2.24) is 9.88 Å². The van der Waals surface area contributed by atoms with E-state index >= 15 is 0 Å². The minimum absolute atomic E-state index is 0.0582. The van der Waals surface area contributed by atoms with Gasteiger partial charge in [-0.1, -0.05) is 30.3 Å². The molecule has 0 spiro atoms. The first-order valence-electron chi connectivity index (χ1n) is 8.56. The number of benzene rings is 1. The molecule has 136 valence electrons. The van der Waals surface area contributed by atoms with Crippen molar-refractivity contribution in [2.24, 2.45) is 0 Å².